The van der Waals surface area contributed by atoms with E-state index in [-0.39, 0.29) is 36.6 Å². The first-order valence-corrected chi connectivity index (χ1v) is 9.41. The maximum Gasteiger partial charge on any atom is 0.328 e. The highest BCUT2D eigenvalue weighted by molar-refractivity contribution is 6.01. The number of nitrogens with zero attached hydrogens (tertiary/aromatic N) is 2. The summed E-state index contributed by atoms with van der Waals surface area (Å²) < 4.78 is 29.5. The third-order valence-electron chi connectivity index (χ3n) is 4.93. The molecule has 1 aliphatic heterocycles. The molecule has 1 amide bonds. The highest BCUT2D eigenvalue weighted by Crippen LogP contribution is 2.37. The van der Waals surface area contributed by atoms with Crippen molar-refractivity contribution < 1.29 is 33.1 Å². The second-order valence-electron chi connectivity index (χ2n) is 6.88. The van der Waals surface area contributed by atoms with Gasteiger partial charge in [0.15, 0.2) is 11.5 Å². The van der Waals surface area contributed by atoms with Crippen molar-refractivity contribution >= 4 is 17.6 Å². The fourth-order valence-electron chi connectivity index (χ4n) is 3.40. The van der Waals surface area contributed by atoms with Gasteiger partial charge >= 0.3 is 5.97 Å². The molecule has 0 aromatic heterocycles. The number of hydrogen-bond acceptors (Lipinski definition) is 7. The first-order chi connectivity index (χ1) is 14.8. The minimum atomic E-state index is -1.44. The Kier molecular flexibility index (Phi) is 6.68. The molecule has 0 bridgehead atoms. The number of nitro benzene ring substituents is 1. The zero-order chi connectivity index (χ0) is 22.5. The fourth-order valence-corrected chi connectivity index (χ4v) is 3.40. The van der Waals surface area contributed by atoms with Gasteiger partial charge in [0.25, 0.3) is 11.6 Å². The number of hydrogen-bond donors (Lipinski definition) is 0. The Morgan fingerprint density at radius 2 is 1.90 bits per heavy atom. The number of ether oxygens (including phenoxy) is 3. The predicted molar refractivity (Wildman–Crippen MR) is 107 cm³/mol. The standard InChI is InChI=1S/C21H21FN2O7/c1-29-18-9-15(20(25)23-11-14(22)8-17(23)21(26)30-2)16(24(27)28)10-19(18)31-12-13-6-4-3-5-7-13/h3-7,9-10,14,17H,8,11-12H2,1-2H3/t14-,17-/m0/s1. The molecule has 10 heteroatoms. The van der Waals surface area contributed by atoms with E-state index in [9.17, 15) is 24.1 Å². The van der Waals surface area contributed by atoms with Crippen molar-refractivity contribution in [1.82, 2.24) is 4.90 Å². The van der Waals surface area contributed by atoms with Gasteiger partial charge in [0, 0.05) is 12.5 Å². The Morgan fingerprint density at radius 1 is 1.19 bits per heavy atom. The van der Waals surface area contributed by atoms with E-state index in [1.807, 2.05) is 30.3 Å². The van der Waals surface area contributed by atoms with Crippen LogP contribution in [-0.2, 0) is 16.1 Å². The summed E-state index contributed by atoms with van der Waals surface area (Å²) in [6, 6.07) is 10.2. The summed E-state index contributed by atoms with van der Waals surface area (Å²) in [6.07, 6.45) is -1.68. The van der Waals surface area contributed by atoms with Gasteiger partial charge in [-0.3, -0.25) is 14.9 Å². The average molecular weight is 432 g/mol. The van der Waals surface area contributed by atoms with Crippen LogP contribution in [0, 0.1) is 10.1 Å². The topological polar surface area (TPSA) is 108 Å². The Bertz CT molecular complexity index is 983. The Hall–Kier alpha value is -3.69. The summed E-state index contributed by atoms with van der Waals surface area (Å²) in [7, 11) is 2.45. The van der Waals surface area contributed by atoms with Crippen molar-refractivity contribution in [2.75, 3.05) is 20.8 Å². The summed E-state index contributed by atoms with van der Waals surface area (Å²) in [6.45, 7) is -0.244. The molecule has 1 aliphatic rings. The maximum atomic E-state index is 13.9. The van der Waals surface area contributed by atoms with Crippen molar-refractivity contribution in [3.05, 3.63) is 63.7 Å². The van der Waals surface area contributed by atoms with Gasteiger partial charge in [0.05, 0.1) is 31.8 Å². The van der Waals surface area contributed by atoms with E-state index < -0.39 is 34.7 Å². The monoisotopic (exact) mass is 432 g/mol. The number of likely N-dealkylation sites (tertiary alicyclic amines) is 1. The lowest BCUT2D eigenvalue weighted by molar-refractivity contribution is -0.385. The molecule has 0 saturated carbocycles. The molecule has 0 aliphatic carbocycles. The lowest BCUT2D eigenvalue weighted by Crippen LogP contribution is -2.41. The molecule has 2 atom stereocenters. The smallest absolute Gasteiger partial charge is 0.328 e. The number of rotatable bonds is 7. The number of nitro groups is 1. The first-order valence-electron chi connectivity index (χ1n) is 9.41. The minimum Gasteiger partial charge on any atom is -0.493 e. The summed E-state index contributed by atoms with van der Waals surface area (Å²) in [5.74, 6) is -1.49. The highest BCUT2D eigenvalue weighted by atomic mass is 19.1. The molecule has 2 aromatic rings. The molecule has 9 nitrogen and oxygen atoms in total. The van der Waals surface area contributed by atoms with Gasteiger partial charge in [-0.15, -0.1) is 0 Å². The largest absolute Gasteiger partial charge is 0.493 e. The van der Waals surface area contributed by atoms with E-state index in [1.54, 1.807) is 0 Å². The van der Waals surface area contributed by atoms with Crippen molar-refractivity contribution in [3.8, 4) is 11.5 Å². The SMILES string of the molecule is COC(=O)[C@@H]1C[C@H](F)CN1C(=O)c1cc(OC)c(OCc2ccccc2)cc1[N+](=O)[O-]. The van der Waals surface area contributed by atoms with E-state index >= 15 is 0 Å². The second kappa shape index (κ2) is 9.41. The summed E-state index contributed by atoms with van der Waals surface area (Å²) in [4.78, 5) is 36.9. The van der Waals surface area contributed by atoms with E-state index in [0.717, 1.165) is 23.6 Å². The van der Waals surface area contributed by atoms with Crippen LogP contribution in [0.15, 0.2) is 42.5 Å². The summed E-state index contributed by atoms with van der Waals surface area (Å²) >= 11 is 0. The Morgan fingerprint density at radius 3 is 2.52 bits per heavy atom. The van der Waals surface area contributed by atoms with Crippen LogP contribution in [0.3, 0.4) is 0 Å². The van der Waals surface area contributed by atoms with Crippen molar-refractivity contribution in [3.63, 3.8) is 0 Å². The van der Waals surface area contributed by atoms with Crippen LogP contribution in [0.1, 0.15) is 22.3 Å². The van der Waals surface area contributed by atoms with Crippen LogP contribution in [0.4, 0.5) is 10.1 Å². The molecule has 2 aromatic carbocycles. The number of carbonyl (C=O) groups excluding carboxylic acids is 2. The van der Waals surface area contributed by atoms with E-state index in [2.05, 4.69) is 4.74 Å². The van der Waals surface area contributed by atoms with Crippen molar-refractivity contribution in [2.24, 2.45) is 0 Å². The molecule has 0 unspecified atom stereocenters. The Labute approximate surface area is 177 Å². The quantitative estimate of drug-likeness (QED) is 0.376. The van der Waals surface area contributed by atoms with E-state index in [0.29, 0.717) is 0 Å². The highest BCUT2D eigenvalue weighted by Gasteiger charge is 2.42. The van der Waals surface area contributed by atoms with Crippen molar-refractivity contribution in [2.45, 2.75) is 25.2 Å². The third kappa shape index (κ3) is 4.73. The normalized spacial score (nSPS) is 17.8. The third-order valence-corrected chi connectivity index (χ3v) is 4.93. The van der Waals surface area contributed by atoms with E-state index in [4.69, 9.17) is 9.47 Å². The molecule has 1 heterocycles. The number of carbonyl (C=O) groups is 2. The fraction of sp³-hybridized carbons (Fsp3) is 0.333. The van der Waals surface area contributed by atoms with Crippen molar-refractivity contribution in [1.29, 1.82) is 0 Å². The average Bonchev–Trinajstić information content (AvgIpc) is 3.18. The van der Waals surface area contributed by atoms with Gasteiger partial charge in [-0.05, 0) is 5.56 Å². The second-order valence-corrected chi connectivity index (χ2v) is 6.88. The van der Waals surface area contributed by atoms with Gasteiger partial charge in [-0.25, -0.2) is 9.18 Å². The van der Waals surface area contributed by atoms with Gasteiger partial charge in [0.1, 0.15) is 24.4 Å². The number of halogens is 1. The van der Waals surface area contributed by atoms with Crippen LogP contribution in [0.5, 0.6) is 11.5 Å². The number of benzene rings is 2. The van der Waals surface area contributed by atoms with Crippen LogP contribution < -0.4 is 9.47 Å². The molecule has 3 rings (SSSR count). The van der Waals surface area contributed by atoms with Gasteiger partial charge < -0.3 is 19.1 Å². The zero-order valence-electron chi connectivity index (χ0n) is 16.9. The number of esters is 1. The van der Waals surface area contributed by atoms with Crippen LogP contribution >= 0.6 is 0 Å². The molecule has 1 fully saturated rings. The molecule has 1 saturated heterocycles. The molecule has 31 heavy (non-hydrogen) atoms. The molecular formula is C21H21FN2O7. The number of amides is 1. The Balaban J connectivity index is 1.95. The molecule has 0 spiro atoms. The lowest BCUT2D eigenvalue weighted by Gasteiger charge is -2.22. The first kappa shape index (κ1) is 22.0. The summed E-state index contributed by atoms with van der Waals surface area (Å²) in [5.41, 5.74) is -0.0453. The number of methoxy groups -OCH3 is 2. The minimum absolute atomic E-state index is 0.0731. The molecule has 0 radical (unpaired) electrons. The molecule has 164 valence electrons. The lowest BCUT2D eigenvalue weighted by atomic mass is 10.1. The molecular weight excluding hydrogens is 411 g/mol. The van der Waals surface area contributed by atoms with Crippen LogP contribution in [0.2, 0.25) is 0 Å². The van der Waals surface area contributed by atoms with Gasteiger partial charge in [-0.1, -0.05) is 30.3 Å². The van der Waals surface area contributed by atoms with Crippen LogP contribution in [0.25, 0.3) is 0 Å². The van der Waals surface area contributed by atoms with E-state index in [1.165, 1.54) is 13.2 Å². The zero-order valence-corrected chi connectivity index (χ0v) is 16.9. The predicted octanol–water partition coefficient (Wildman–Crippen LogP) is 2.91. The van der Waals surface area contributed by atoms with Crippen LogP contribution in [-0.4, -0.2) is 54.7 Å². The maximum absolute atomic E-state index is 13.9. The van der Waals surface area contributed by atoms with Gasteiger partial charge in [-0.2, -0.15) is 0 Å². The summed E-state index contributed by atoms with van der Waals surface area (Å²) in [5, 5.41) is 11.7. The molecule has 0 N–H and O–H groups in total. The van der Waals surface area contributed by atoms with Gasteiger partial charge in [0.2, 0.25) is 0 Å². The number of alkyl halides is 1.